The van der Waals surface area contributed by atoms with Crippen molar-refractivity contribution in [3.8, 4) is 22.1 Å². The highest BCUT2D eigenvalue weighted by atomic mass is 35.5. The summed E-state index contributed by atoms with van der Waals surface area (Å²) in [6.07, 6.45) is 0. The molecule has 2 aromatic carbocycles. The smallest absolute Gasteiger partial charge is 0.234 e. The van der Waals surface area contributed by atoms with Gasteiger partial charge >= 0.3 is 0 Å². The lowest BCUT2D eigenvalue weighted by molar-refractivity contribution is -0.113. The van der Waals surface area contributed by atoms with E-state index in [1.165, 1.54) is 11.8 Å². The third-order valence-corrected chi connectivity index (χ3v) is 6.59. The Labute approximate surface area is 197 Å². The van der Waals surface area contributed by atoms with E-state index in [1.807, 2.05) is 46.3 Å². The lowest BCUT2D eigenvalue weighted by Crippen LogP contribution is -2.15. The van der Waals surface area contributed by atoms with Gasteiger partial charge in [-0.2, -0.15) is 0 Å². The summed E-state index contributed by atoms with van der Waals surface area (Å²) < 4.78 is 7.19. The van der Waals surface area contributed by atoms with E-state index in [0.29, 0.717) is 26.7 Å². The molecule has 4 aromatic rings. The summed E-state index contributed by atoms with van der Waals surface area (Å²) in [4.78, 5) is 13.5. The van der Waals surface area contributed by atoms with E-state index in [1.54, 1.807) is 36.6 Å². The fourth-order valence-corrected chi connectivity index (χ4v) is 4.71. The summed E-state index contributed by atoms with van der Waals surface area (Å²) in [5.74, 6) is 1.39. The van der Waals surface area contributed by atoms with Gasteiger partial charge in [0.2, 0.25) is 5.91 Å². The van der Waals surface area contributed by atoms with Crippen molar-refractivity contribution in [3.63, 3.8) is 0 Å². The van der Waals surface area contributed by atoms with Crippen molar-refractivity contribution in [3.05, 3.63) is 70.0 Å². The molecule has 0 saturated heterocycles. The number of methoxy groups -OCH3 is 1. The largest absolute Gasteiger partial charge is 0.497 e. The molecule has 2 aromatic heterocycles. The molecule has 31 heavy (non-hydrogen) atoms. The number of anilines is 1. The van der Waals surface area contributed by atoms with Gasteiger partial charge in [0.25, 0.3) is 0 Å². The van der Waals surface area contributed by atoms with Crippen LogP contribution in [0.25, 0.3) is 16.4 Å². The number of ether oxygens (including phenoxy) is 1. The zero-order chi connectivity index (χ0) is 21.8. The number of aromatic nitrogens is 3. The Morgan fingerprint density at radius 2 is 1.97 bits per heavy atom. The number of thiophene rings is 1. The van der Waals surface area contributed by atoms with E-state index in [4.69, 9.17) is 27.9 Å². The van der Waals surface area contributed by atoms with Crippen LogP contribution in [-0.2, 0) is 4.79 Å². The van der Waals surface area contributed by atoms with Crippen molar-refractivity contribution in [1.29, 1.82) is 0 Å². The second-order valence-electron chi connectivity index (χ2n) is 6.28. The molecule has 0 atom stereocenters. The molecule has 0 fully saturated rings. The minimum Gasteiger partial charge on any atom is -0.497 e. The Kier molecular flexibility index (Phi) is 6.82. The summed E-state index contributed by atoms with van der Waals surface area (Å²) in [6, 6.07) is 16.5. The molecule has 158 valence electrons. The second kappa shape index (κ2) is 9.74. The number of rotatable bonds is 7. The van der Waals surface area contributed by atoms with Gasteiger partial charge in [-0.15, -0.1) is 21.5 Å². The van der Waals surface area contributed by atoms with Crippen molar-refractivity contribution < 1.29 is 9.53 Å². The van der Waals surface area contributed by atoms with Gasteiger partial charge in [-0.1, -0.05) is 41.0 Å². The van der Waals surface area contributed by atoms with E-state index in [-0.39, 0.29) is 11.7 Å². The van der Waals surface area contributed by atoms with Gasteiger partial charge in [-0.05, 0) is 53.9 Å². The highest BCUT2D eigenvalue weighted by molar-refractivity contribution is 7.99. The average Bonchev–Trinajstić information content (AvgIpc) is 3.44. The van der Waals surface area contributed by atoms with Crippen molar-refractivity contribution in [2.45, 2.75) is 5.16 Å². The van der Waals surface area contributed by atoms with Crippen LogP contribution >= 0.6 is 46.3 Å². The molecule has 1 N–H and O–H groups in total. The topological polar surface area (TPSA) is 69.0 Å². The summed E-state index contributed by atoms with van der Waals surface area (Å²) in [7, 11) is 1.62. The van der Waals surface area contributed by atoms with Gasteiger partial charge in [0.1, 0.15) is 5.75 Å². The highest BCUT2D eigenvalue weighted by Crippen LogP contribution is 2.31. The van der Waals surface area contributed by atoms with Crippen LogP contribution in [0.1, 0.15) is 0 Å². The summed E-state index contributed by atoms with van der Waals surface area (Å²) in [6.45, 7) is 0. The van der Waals surface area contributed by atoms with Gasteiger partial charge < -0.3 is 10.1 Å². The minimum absolute atomic E-state index is 0.137. The van der Waals surface area contributed by atoms with Crippen LogP contribution in [-0.4, -0.2) is 33.5 Å². The number of nitrogens with one attached hydrogen (secondary N) is 1. The van der Waals surface area contributed by atoms with Crippen LogP contribution in [0.3, 0.4) is 0 Å². The zero-order valence-electron chi connectivity index (χ0n) is 16.2. The molecule has 0 aliphatic rings. The van der Waals surface area contributed by atoms with Crippen molar-refractivity contribution in [2.75, 3.05) is 18.2 Å². The molecule has 6 nitrogen and oxygen atoms in total. The van der Waals surface area contributed by atoms with Crippen LogP contribution in [0, 0.1) is 0 Å². The first-order valence-electron chi connectivity index (χ1n) is 9.06. The molecule has 0 bridgehead atoms. The molecule has 0 aliphatic carbocycles. The average molecular weight is 491 g/mol. The van der Waals surface area contributed by atoms with Crippen LogP contribution in [0.15, 0.2) is 65.1 Å². The number of halogens is 2. The maximum absolute atomic E-state index is 12.5. The molecule has 0 unspecified atom stereocenters. The number of benzene rings is 2. The number of amides is 1. The molecule has 0 saturated carbocycles. The second-order valence-corrected chi connectivity index (χ2v) is 9.01. The number of thioether (sulfide) groups is 1. The maximum Gasteiger partial charge on any atom is 0.234 e. The van der Waals surface area contributed by atoms with E-state index >= 15 is 0 Å². The van der Waals surface area contributed by atoms with E-state index in [0.717, 1.165) is 16.3 Å². The quantitative estimate of drug-likeness (QED) is 0.319. The number of hydrogen-bond acceptors (Lipinski definition) is 6. The molecular formula is C21H16Cl2N4O2S2. The molecule has 0 aliphatic heterocycles. The Morgan fingerprint density at radius 1 is 1.16 bits per heavy atom. The molecule has 1 amide bonds. The fourth-order valence-electron chi connectivity index (χ4n) is 2.80. The summed E-state index contributed by atoms with van der Waals surface area (Å²) >= 11 is 14.9. The molecule has 4 rings (SSSR count). The highest BCUT2D eigenvalue weighted by Gasteiger charge is 2.18. The van der Waals surface area contributed by atoms with Gasteiger partial charge in [0.15, 0.2) is 11.0 Å². The Bertz CT molecular complexity index is 1190. The van der Waals surface area contributed by atoms with Crippen molar-refractivity contribution in [1.82, 2.24) is 14.8 Å². The number of hydrogen-bond donors (Lipinski definition) is 1. The first kappa shape index (κ1) is 21.7. The summed E-state index contributed by atoms with van der Waals surface area (Å²) in [5.41, 5.74) is 1.38. The molecular weight excluding hydrogens is 475 g/mol. The molecule has 2 heterocycles. The Balaban J connectivity index is 1.57. The van der Waals surface area contributed by atoms with Crippen molar-refractivity contribution >= 4 is 57.9 Å². The SMILES string of the molecule is COc1ccc(-n2c(SCC(=O)Nc3ccc(Cl)cc3Cl)nnc2-c2cccs2)cc1. The van der Waals surface area contributed by atoms with E-state index in [2.05, 4.69) is 15.5 Å². The normalized spacial score (nSPS) is 10.8. The zero-order valence-corrected chi connectivity index (χ0v) is 19.4. The monoisotopic (exact) mass is 490 g/mol. The summed E-state index contributed by atoms with van der Waals surface area (Å²) in [5, 5.41) is 15.0. The van der Waals surface area contributed by atoms with Gasteiger partial charge in [0.05, 0.1) is 34.1 Å². The van der Waals surface area contributed by atoms with Crippen LogP contribution < -0.4 is 10.1 Å². The number of carbonyl (C=O) groups is 1. The lowest BCUT2D eigenvalue weighted by Gasteiger charge is -2.11. The standard InChI is InChI=1S/C21H16Cl2N4O2S2/c1-29-15-7-5-14(6-8-15)27-20(18-3-2-10-30-18)25-26-21(27)31-12-19(28)24-17-9-4-13(22)11-16(17)23/h2-11H,12H2,1H3,(H,24,28). The van der Waals surface area contributed by atoms with Gasteiger partial charge in [-0.25, -0.2) is 0 Å². The molecule has 0 spiro atoms. The Morgan fingerprint density at radius 3 is 2.65 bits per heavy atom. The number of carbonyl (C=O) groups excluding carboxylic acids is 1. The third-order valence-electron chi connectivity index (χ3n) is 4.24. The molecule has 0 radical (unpaired) electrons. The van der Waals surface area contributed by atoms with Gasteiger partial charge in [0, 0.05) is 5.02 Å². The minimum atomic E-state index is -0.212. The van der Waals surface area contributed by atoms with E-state index < -0.39 is 0 Å². The maximum atomic E-state index is 12.5. The van der Waals surface area contributed by atoms with Crippen LogP contribution in [0.2, 0.25) is 10.0 Å². The lowest BCUT2D eigenvalue weighted by atomic mass is 10.3. The van der Waals surface area contributed by atoms with Crippen LogP contribution in [0.4, 0.5) is 5.69 Å². The predicted octanol–water partition coefficient (Wildman–Crippen LogP) is 6.04. The number of nitrogens with zero attached hydrogens (tertiary/aromatic N) is 3. The predicted molar refractivity (Wildman–Crippen MR) is 127 cm³/mol. The Hall–Kier alpha value is -2.52. The first-order valence-corrected chi connectivity index (χ1v) is 11.7. The molecule has 10 heteroatoms. The van der Waals surface area contributed by atoms with Gasteiger partial charge in [-0.3, -0.25) is 9.36 Å². The van der Waals surface area contributed by atoms with E-state index in [9.17, 15) is 4.79 Å². The third kappa shape index (κ3) is 5.04. The van der Waals surface area contributed by atoms with Crippen molar-refractivity contribution in [2.24, 2.45) is 0 Å². The fraction of sp³-hybridized carbons (Fsp3) is 0.0952. The first-order chi connectivity index (χ1) is 15.0. The van der Waals surface area contributed by atoms with Crippen LogP contribution in [0.5, 0.6) is 5.75 Å².